The summed E-state index contributed by atoms with van der Waals surface area (Å²) in [6, 6.07) is -1.54. The van der Waals surface area contributed by atoms with Crippen molar-refractivity contribution in [3.05, 3.63) is 48.6 Å². The second-order valence-corrected chi connectivity index (χ2v) is 16.3. The van der Waals surface area contributed by atoms with Crippen LogP contribution in [0.25, 0.3) is 0 Å². The third kappa shape index (κ3) is 33.0. The molecule has 1 saturated heterocycles. The number of phosphoric acid groups is 1. The van der Waals surface area contributed by atoms with Crippen LogP contribution in [0.4, 0.5) is 0 Å². The van der Waals surface area contributed by atoms with Crippen LogP contribution < -0.4 is 5.73 Å². The first-order valence-corrected chi connectivity index (χ1v) is 23.3. The van der Waals surface area contributed by atoms with Crippen LogP contribution in [0, 0.1) is 0 Å². The van der Waals surface area contributed by atoms with Crippen molar-refractivity contribution in [2.45, 2.75) is 192 Å². The molecule has 0 aliphatic carbocycles. The number of aliphatic carboxylic acids is 1. The van der Waals surface area contributed by atoms with Crippen molar-refractivity contribution in [2.75, 3.05) is 19.8 Å². The van der Waals surface area contributed by atoms with E-state index in [9.17, 15) is 23.8 Å². The van der Waals surface area contributed by atoms with E-state index in [2.05, 4.69) is 67.0 Å². The number of ether oxygens (including phenoxy) is 3. The van der Waals surface area contributed by atoms with Gasteiger partial charge in [0.25, 0.3) is 0 Å². The Labute approximate surface area is 343 Å². The summed E-state index contributed by atoms with van der Waals surface area (Å²) in [6.07, 6.45) is 40.5. The highest BCUT2D eigenvalue weighted by Crippen LogP contribution is 2.43. The first-order chi connectivity index (χ1) is 27.6. The van der Waals surface area contributed by atoms with Crippen LogP contribution in [-0.4, -0.2) is 72.1 Å². The lowest BCUT2D eigenvalue weighted by atomic mass is 10.1. The summed E-state index contributed by atoms with van der Waals surface area (Å²) in [4.78, 5) is 46.1. The molecule has 5 atom stereocenters. The van der Waals surface area contributed by atoms with Crippen LogP contribution in [0.1, 0.15) is 168 Å². The van der Waals surface area contributed by atoms with E-state index in [4.69, 9.17) is 29.6 Å². The molecular weight excluding hydrogens is 749 g/mol. The quantitative estimate of drug-likeness (QED) is 0.0175. The zero-order chi connectivity index (χ0) is 41.8. The predicted octanol–water partition coefficient (Wildman–Crippen LogP) is 10.4. The zero-order valence-corrected chi connectivity index (χ0v) is 36.0. The number of carbonyl (C=O) groups excluding carboxylic acids is 2. The van der Waals surface area contributed by atoms with Gasteiger partial charge in [-0.1, -0.05) is 127 Å². The number of carboxylic acid groups (broad SMARTS) is 1. The van der Waals surface area contributed by atoms with Crippen molar-refractivity contribution in [1.29, 1.82) is 0 Å². The highest BCUT2D eigenvalue weighted by atomic mass is 31.2. The molecule has 13 heteroatoms. The van der Waals surface area contributed by atoms with Crippen LogP contribution in [0.15, 0.2) is 48.6 Å². The molecule has 0 aromatic carbocycles. The Kier molecular flexibility index (Phi) is 32.5. The fourth-order valence-corrected chi connectivity index (χ4v) is 6.69. The number of nitrogens with two attached hydrogens (primary N) is 1. The van der Waals surface area contributed by atoms with Gasteiger partial charge in [-0.3, -0.25) is 23.4 Å². The minimum atomic E-state index is -4.74. The molecule has 0 saturated carbocycles. The minimum Gasteiger partial charge on any atom is -0.480 e. The van der Waals surface area contributed by atoms with E-state index < -0.39 is 51.1 Å². The number of epoxide rings is 1. The lowest BCUT2D eigenvalue weighted by Gasteiger charge is -2.20. The van der Waals surface area contributed by atoms with E-state index in [-0.39, 0.29) is 31.7 Å². The summed E-state index contributed by atoms with van der Waals surface area (Å²) in [5.74, 6) is -2.47. The van der Waals surface area contributed by atoms with E-state index in [1.165, 1.54) is 70.6 Å². The van der Waals surface area contributed by atoms with Crippen LogP contribution >= 0.6 is 7.82 Å². The molecule has 1 heterocycles. The van der Waals surface area contributed by atoms with Gasteiger partial charge < -0.3 is 29.9 Å². The molecule has 0 radical (unpaired) electrons. The minimum absolute atomic E-state index is 0.0707. The van der Waals surface area contributed by atoms with Crippen molar-refractivity contribution in [1.82, 2.24) is 0 Å². The molecule has 1 rings (SSSR count). The second-order valence-electron chi connectivity index (χ2n) is 14.9. The predicted molar refractivity (Wildman–Crippen MR) is 226 cm³/mol. The normalized spacial score (nSPS) is 17.8. The number of hydrogen-bond donors (Lipinski definition) is 3. The van der Waals surface area contributed by atoms with Gasteiger partial charge in [0.2, 0.25) is 0 Å². The molecule has 3 unspecified atom stereocenters. The Balaban J connectivity index is 2.35. The standard InChI is InChI=1S/C44H76NO11P/c1-3-5-7-9-11-13-15-17-18-19-21-23-25-27-29-33-42(46)52-35-38(36-53-57(50,51)54-37-39(45)44(48)49)55-43(47)34-30-32-41-40(56-41)31-28-26-24-22-20-16-14-12-10-8-6-4-2/h12-15,20,22,26,28,38-41H,3-11,16-19,21,23-25,27,29-37,45H2,1-2H3,(H,48,49)(H,50,51)/b14-12-,15-13-,22-20-,28-26-/t38-,39+,40?,41?/m1/s1. The average Bonchev–Trinajstić information content (AvgIpc) is 3.94. The Hall–Kier alpha value is -2.60. The smallest absolute Gasteiger partial charge is 0.472 e. The van der Waals surface area contributed by atoms with Crippen molar-refractivity contribution < 1.29 is 52.2 Å². The van der Waals surface area contributed by atoms with Gasteiger partial charge >= 0.3 is 25.7 Å². The molecule has 0 aromatic heterocycles. The number of carboxylic acids is 1. The largest absolute Gasteiger partial charge is 0.480 e. The lowest BCUT2D eigenvalue weighted by Crippen LogP contribution is -2.34. The maximum absolute atomic E-state index is 12.7. The summed E-state index contributed by atoms with van der Waals surface area (Å²) < 4.78 is 38.4. The van der Waals surface area contributed by atoms with E-state index in [1.807, 2.05) is 0 Å². The van der Waals surface area contributed by atoms with E-state index in [0.717, 1.165) is 51.4 Å². The summed E-state index contributed by atoms with van der Waals surface area (Å²) in [5.41, 5.74) is 5.33. The summed E-state index contributed by atoms with van der Waals surface area (Å²) in [7, 11) is -4.74. The van der Waals surface area contributed by atoms with Crippen LogP contribution in [0.5, 0.6) is 0 Å². The van der Waals surface area contributed by atoms with Crippen LogP contribution in [0.2, 0.25) is 0 Å². The number of allylic oxidation sites excluding steroid dienone is 7. The fraction of sp³-hybridized carbons (Fsp3) is 0.750. The highest BCUT2D eigenvalue weighted by Gasteiger charge is 2.37. The number of esters is 2. The molecular formula is C44H76NO11P. The van der Waals surface area contributed by atoms with Gasteiger partial charge in [0.1, 0.15) is 12.6 Å². The van der Waals surface area contributed by atoms with E-state index >= 15 is 0 Å². The third-order valence-electron chi connectivity index (χ3n) is 9.47. The second kappa shape index (κ2) is 35.4. The maximum Gasteiger partial charge on any atom is 0.472 e. The number of rotatable bonds is 39. The van der Waals surface area contributed by atoms with Crippen molar-refractivity contribution in [3.63, 3.8) is 0 Å². The van der Waals surface area contributed by atoms with E-state index in [0.29, 0.717) is 19.3 Å². The molecule has 0 bridgehead atoms. The number of carbonyl (C=O) groups is 3. The van der Waals surface area contributed by atoms with Crippen LogP contribution in [0.3, 0.4) is 0 Å². The number of hydrogen-bond acceptors (Lipinski definition) is 10. The lowest BCUT2D eigenvalue weighted by molar-refractivity contribution is -0.161. The highest BCUT2D eigenvalue weighted by molar-refractivity contribution is 7.47. The van der Waals surface area contributed by atoms with Gasteiger partial charge in [-0.05, 0) is 77.0 Å². The molecule has 1 fully saturated rings. The average molecular weight is 826 g/mol. The molecule has 328 valence electrons. The molecule has 0 amide bonds. The summed E-state index contributed by atoms with van der Waals surface area (Å²) >= 11 is 0. The van der Waals surface area contributed by atoms with Crippen LogP contribution in [-0.2, 0) is 42.2 Å². The summed E-state index contributed by atoms with van der Waals surface area (Å²) in [6.45, 7) is 2.67. The SMILES string of the molecule is CCCCC/C=C\C/C=C\C/C=C\CC1OC1CCCC(=O)O[C@H](COC(=O)CCCCCCCCC/C=C\CCCCCC)COP(=O)(O)OC[C@H](N)C(=O)O. The molecule has 1 aliphatic heterocycles. The third-order valence-corrected chi connectivity index (χ3v) is 10.4. The Bertz CT molecular complexity index is 1220. The van der Waals surface area contributed by atoms with Gasteiger partial charge in [-0.15, -0.1) is 0 Å². The Morgan fingerprint density at radius 3 is 1.81 bits per heavy atom. The van der Waals surface area contributed by atoms with Gasteiger partial charge in [-0.25, -0.2) is 4.57 Å². The fourth-order valence-electron chi connectivity index (χ4n) is 5.91. The molecule has 4 N–H and O–H groups in total. The maximum atomic E-state index is 12.7. The first-order valence-electron chi connectivity index (χ1n) is 21.8. The topological polar surface area (TPSA) is 184 Å². The first kappa shape index (κ1) is 52.4. The van der Waals surface area contributed by atoms with Crippen molar-refractivity contribution >= 4 is 25.7 Å². The molecule has 57 heavy (non-hydrogen) atoms. The number of phosphoric ester groups is 1. The monoisotopic (exact) mass is 826 g/mol. The van der Waals surface area contributed by atoms with Crippen molar-refractivity contribution in [2.24, 2.45) is 5.73 Å². The van der Waals surface area contributed by atoms with Gasteiger partial charge in [-0.2, -0.15) is 0 Å². The van der Waals surface area contributed by atoms with Gasteiger partial charge in [0.05, 0.1) is 25.4 Å². The molecule has 0 spiro atoms. The van der Waals surface area contributed by atoms with Gasteiger partial charge in [0.15, 0.2) is 6.10 Å². The van der Waals surface area contributed by atoms with Crippen molar-refractivity contribution in [3.8, 4) is 0 Å². The molecule has 0 aromatic rings. The van der Waals surface area contributed by atoms with Gasteiger partial charge in [0, 0.05) is 12.8 Å². The van der Waals surface area contributed by atoms with E-state index in [1.54, 1.807) is 0 Å². The number of unbranched alkanes of at least 4 members (excludes halogenated alkanes) is 14. The summed E-state index contributed by atoms with van der Waals surface area (Å²) in [5, 5.41) is 8.90. The molecule has 12 nitrogen and oxygen atoms in total. The Morgan fingerprint density at radius 1 is 0.649 bits per heavy atom. The zero-order valence-electron chi connectivity index (χ0n) is 35.1. The Morgan fingerprint density at radius 2 is 1.16 bits per heavy atom. The molecule has 1 aliphatic rings.